The van der Waals surface area contributed by atoms with E-state index in [2.05, 4.69) is 6.07 Å². The molecule has 33 heavy (non-hydrogen) atoms. The summed E-state index contributed by atoms with van der Waals surface area (Å²) in [6, 6.07) is 19.3. The molecule has 0 bridgehead atoms. The van der Waals surface area contributed by atoms with Crippen LogP contribution in [-0.2, 0) is 14.3 Å². The predicted octanol–water partition coefficient (Wildman–Crippen LogP) is 4.44. The molecule has 1 saturated carbocycles. The van der Waals surface area contributed by atoms with E-state index in [1.165, 1.54) is 0 Å². The molecule has 6 nitrogen and oxygen atoms in total. The average Bonchev–Trinajstić information content (AvgIpc) is 3.33. The normalized spacial score (nSPS) is 24.8. The Bertz CT molecular complexity index is 1040. The first-order valence-electron chi connectivity index (χ1n) is 11.3. The van der Waals surface area contributed by atoms with Crippen LogP contribution in [0, 0.1) is 23.2 Å². The number of esters is 2. The van der Waals surface area contributed by atoms with E-state index in [-0.39, 0.29) is 30.3 Å². The Kier molecular flexibility index (Phi) is 7.21. The SMILES string of the molecule is N#CCCCC(O)C=CC1C(OC(=O)c2ccc(-c3ccccc3)cc2)CC2OC(=O)CC21. The van der Waals surface area contributed by atoms with Gasteiger partial charge >= 0.3 is 11.9 Å². The third-order valence-corrected chi connectivity index (χ3v) is 6.38. The summed E-state index contributed by atoms with van der Waals surface area (Å²) >= 11 is 0. The number of nitrogens with zero attached hydrogens (tertiary/aromatic N) is 1. The van der Waals surface area contributed by atoms with Gasteiger partial charge in [0.1, 0.15) is 12.2 Å². The molecule has 5 atom stereocenters. The number of carbonyl (C=O) groups excluding carboxylic acids is 2. The molecule has 2 aliphatic rings. The van der Waals surface area contributed by atoms with Crippen molar-refractivity contribution in [3.05, 3.63) is 72.3 Å². The lowest BCUT2D eigenvalue weighted by Crippen LogP contribution is -2.25. The number of aliphatic hydroxyl groups is 1. The molecular weight excluding hydrogens is 418 g/mol. The van der Waals surface area contributed by atoms with Crippen LogP contribution in [0.25, 0.3) is 11.1 Å². The van der Waals surface area contributed by atoms with Crippen molar-refractivity contribution in [3.63, 3.8) is 0 Å². The number of unbranched alkanes of at least 4 members (excludes halogenated alkanes) is 1. The molecule has 0 aromatic heterocycles. The van der Waals surface area contributed by atoms with Gasteiger partial charge in [-0.05, 0) is 36.1 Å². The Morgan fingerprint density at radius 2 is 1.91 bits per heavy atom. The molecule has 1 aliphatic heterocycles. The molecule has 1 aliphatic carbocycles. The molecule has 0 amide bonds. The number of ether oxygens (including phenoxy) is 2. The molecular formula is C27H27NO5. The number of rotatable bonds is 8. The van der Waals surface area contributed by atoms with E-state index in [0.29, 0.717) is 31.2 Å². The van der Waals surface area contributed by atoms with Crippen LogP contribution >= 0.6 is 0 Å². The Hall–Kier alpha value is -3.43. The van der Waals surface area contributed by atoms with Crippen molar-refractivity contribution in [1.29, 1.82) is 5.26 Å². The molecule has 1 heterocycles. The maximum absolute atomic E-state index is 12.9. The summed E-state index contributed by atoms with van der Waals surface area (Å²) < 4.78 is 11.3. The van der Waals surface area contributed by atoms with Gasteiger partial charge in [0.25, 0.3) is 0 Å². The van der Waals surface area contributed by atoms with Crippen LogP contribution in [0.4, 0.5) is 0 Å². The van der Waals surface area contributed by atoms with Crippen LogP contribution in [0.2, 0.25) is 0 Å². The Labute approximate surface area is 193 Å². The van der Waals surface area contributed by atoms with Gasteiger partial charge in [0.15, 0.2) is 0 Å². The predicted molar refractivity (Wildman–Crippen MR) is 122 cm³/mol. The third-order valence-electron chi connectivity index (χ3n) is 6.38. The first kappa shape index (κ1) is 22.8. The van der Waals surface area contributed by atoms with E-state index >= 15 is 0 Å². The average molecular weight is 446 g/mol. The highest BCUT2D eigenvalue weighted by Gasteiger charge is 2.50. The molecule has 4 rings (SSSR count). The van der Waals surface area contributed by atoms with Crippen molar-refractivity contribution >= 4 is 11.9 Å². The smallest absolute Gasteiger partial charge is 0.338 e. The fraction of sp³-hybridized carbons (Fsp3) is 0.370. The Morgan fingerprint density at radius 1 is 1.18 bits per heavy atom. The Balaban J connectivity index is 1.43. The van der Waals surface area contributed by atoms with Gasteiger partial charge < -0.3 is 14.6 Å². The minimum absolute atomic E-state index is 0.0710. The maximum atomic E-state index is 12.9. The van der Waals surface area contributed by atoms with Crippen molar-refractivity contribution < 1.29 is 24.2 Å². The van der Waals surface area contributed by atoms with E-state index in [4.69, 9.17) is 14.7 Å². The van der Waals surface area contributed by atoms with Crippen LogP contribution in [0.5, 0.6) is 0 Å². The summed E-state index contributed by atoms with van der Waals surface area (Å²) in [5, 5.41) is 18.8. The quantitative estimate of drug-likeness (QED) is 0.367. The molecule has 6 heteroatoms. The highest BCUT2D eigenvalue weighted by Crippen LogP contribution is 2.43. The number of nitriles is 1. The molecule has 2 fully saturated rings. The first-order chi connectivity index (χ1) is 16.0. The number of fused-ring (bicyclic) bond motifs is 1. The van der Waals surface area contributed by atoms with Crippen LogP contribution in [-0.4, -0.2) is 35.4 Å². The van der Waals surface area contributed by atoms with Gasteiger partial charge in [-0.2, -0.15) is 5.26 Å². The third kappa shape index (κ3) is 5.50. The summed E-state index contributed by atoms with van der Waals surface area (Å²) in [5.41, 5.74) is 2.55. The summed E-state index contributed by atoms with van der Waals surface area (Å²) in [6.07, 6.45) is 4.35. The van der Waals surface area contributed by atoms with E-state index < -0.39 is 18.2 Å². The van der Waals surface area contributed by atoms with Crippen LogP contribution in [0.3, 0.4) is 0 Å². The number of aliphatic hydroxyl groups excluding tert-OH is 1. The van der Waals surface area contributed by atoms with Crippen molar-refractivity contribution in [2.24, 2.45) is 11.8 Å². The van der Waals surface area contributed by atoms with Crippen molar-refractivity contribution in [2.75, 3.05) is 0 Å². The summed E-state index contributed by atoms with van der Waals surface area (Å²) in [6.45, 7) is 0. The molecule has 0 spiro atoms. The fourth-order valence-corrected chi connectivity index (χ4v) is 4.67. The van der Waals surface area contributed by atoms with Gasteiger partial charge in [-0.25, -0.2) is 4.79 Å². The zero-order valence-corrected chi connectivity index (χ0v) is 18.3. The summed E-state index contributed by atoms with van der Waals surface area (Å²) in [4.78, 5) is 24.6. The number of benzene rings is 2. The van der Waals surface area contributed by atoms with Crippen LogP contribution in [0.15, 0.2) is 66.7 Å². The van der Waals surface area contributed by atoms with Gasteiger partial charge in [-0.3, -0.25) is 4.79 Å². The topological polar surface area (TPSA) is 96.6 Å². The zero-order valence-electron chi connectivity index (χ0n) is 18.3. The van der Waals surface area contributed by atoms with Gasteiger partial charge in [-0.15, -0.1) is 0 Å². The molecule has 170 valence electrons. The highest BCUT2D eigenvalue weighted by atomic mass is 16.6. The molecule has 0 radical (unpaired) electrons. The number of hydrogen-bond acceptors (Lipinski definition) is 6. The van der Waals surface area contributed by atoms with E-state index in [0.717, 1.165) is 11.1 Å². The second-order valence-corrected chi connectivity index (χ2v) is 8.60. The molecule has 2 aromatic rings. The van der Waals surface area contributed by atoms with Gasteiger partial charge in [0, 0.05) is 24.7 Å². The number of carbonyl (C=O) groups is 2. The van der Waals surface area contributed by atoms with Crippen LogP contribution < -0.4 is 0 Å². The maximum Gasteiger partial charge on any atom is 0.338 e. The van der Waals surface area contributed by atoms with Gasteiger partial charge in [0.05, 0.1) is 24.2 Å². The van der Waals surface area contributed by atoms with Gasteiger partial charge in [-0.1, -0.05) is 54.6 Å². The second-order valence-electron chi connectivity index (χ2n) is 8.60. The summed E-state index contributed by atoms with van der Waals surface area (Å²) in [7, 11) is 0. The minimum atomic E-state index is -0.683. The van der Waals surface area contributed by atoms with E-state index in [9.17, 15) is 14.7 Å². The molecule has 1 saturated heterocycles. The number of hydrogen-bond donors (Lipinski definition) is 1. The van der Waals surface area contributed by atoms with Crippen molar-refractivity contribution in [1.82, 2.24) is 0 Å². The molecule has 5 unspecified atom stereocenters. The van der Waals surface area contributed by atoms with Gasteiger partial charge in [0.2, 0.25) is 0 Å². The lowest BCUT2D eigenvalue weighted by atomic mass is 9.91. The van der Waals surface area contributed by atoms with E-state index in [1.807, 2.05) is 48.5 Å². The summed E-state index contributed by atoms with van der Waals surface area (Å²) in [5.74, 6) is -0.934. The van der Waals surface area contributed by atoms with Crippen molar-refractivity contribution in [3.8, 4) is 17.2 Å². The Morgan fingerprint density at radius 3 is 2.64 bits per heavy atom. The largest absolute Gasteiger partial charge is 0.462 e. The molecule has 1 N–H and O–H groups in total. The minimum Gasteiger partial charge on any atom is -0.462 e. The standard InChI is InChI=1S/C27H27NO5/c28-15-5-4-8-21(29)13-14-22-23-16-26(30)32-25(23)17-24(22)33-27(31)20-11-9-19(10-12-20)18-6-2-1-3-7-18/h1-3,6-7,9-14,21-25,29H,4-5,8,16-17H2. The monoisotopic (exact) mass is 445 g/mol. The van der Waals surface area contributed by atoms with Crippen LogP contribution in [0.1, 0.15) is 42.5 Å². The van der Waals surface area contributed by atoms with Crippen molar-refractivity contribution in [2.45, 2.75) is 50.4 Å². The molecule has 2 aromatic carbocycles. The first-order valence-corrected chi connectivity index (χ1v) is 11.3. The van der Waals surface area contributed by atoms with E-state index in [1.54, 1.807) is 18.2 Å². The second kappa shape index (κ2) is 10.5. The highest BCUT2D eigenvalue weighted by molar-refractivity contribution is 5.90. The zero-order chi connectivity index (χ0) is 23.2. The fourth-order valence-electron chi connectivity index (χ4n) is 4.67. The lowest BCUT2D eigenvalue weighted by molar-refractivity contribution is -0.141. The lowest BCUT2D eigenvalue weighted by Gasteiger charge is -2.20.